The maximum Gasteiger partial charge on any atom is 0.435 e. The second kappa shape index (κ2) is 31.3. The number of carbonyl (C=O) groups excluding carboxylic acids is 6. The third-order valence-electron chi connectivity index (χ3n) is 25.4. The van der Waals surface area contributed by atoms with Gasteiger partial charge in [0.25, 0.3) is 21.0 Å². The first-order chi connectivity index (χ1) is 59.5. The van der Waals surface area contributed by atoms with E-state index >= 15 is 0 Å². The van der Waals surface area contributed by atoms with Gasteiger partial charge in [-0.1, -0.05) is 163 Å². The Labute approximate surface area is 722 Å². The van der Waals surface area contributed by atoms with Crippen molar-refractivity contribution in [3.8, 4) is 64.0 Å². The molecule has 11 heterocycles. The van der Waals surface area contributed by atoms with E-state index in [1.807, 2.05) is 116 Å². The van der Waals surface area contributed by atoms with E-state index in [2.05, 4.69) is 82.9 Å². The van der Waals surface area contributed by atoms with Gasteiger partial charge in [0.15, 0.2) is 17.1 Å². The highest BCUT2D eigenvalue weighted by Gasteiger charge is 2.62. The smallest absolute Gasteiger partial charge is 0.435 e. The number of aryl methyl sites for hydroxylation is 1. The summed E-state index contributed by atoms with van der Waals surface area (Å²) in [4.78, 5) is 79.7. The molecule has 23 nitrogen and oxygen atoms in total. The molecule has 5 unspecified atom stereocenters. The van der Waals surface area contributed by atoms with Gasteiger partial charge in [0.2, 0.25) is 29.5 Å². The van der Waals surface area contributed by atoms with Gasteiger partial charge in [-0.3, -0.25) is 39.4 Å². The molecule has 4 saturated carbocycles. The molecule has 8 aliphatic heterocycles. The topological polar surface area (TPSA) is 299 Å². The Bertz CT molecular complexity index is 6490. The number of alkyl halides is 3. The summed E-state index contributed by atoms with van der Waals surface area (Å²) in [7, 11) is 0. The molecule has 4 N–H and O–H groups in total. The molecule has 7 atom stereocenters. The number of ether oxygens (including phenoxy) is 6. The normalized spacial score (nSPS) is 26.4. The lowest BCUT2D eigenvalue weighted by molar-refractivity contribution is -0.140. The first kappa shape index (κ1) is 79.3. The number of rotatable bonds is 12. The van der Waals surface area contributed by atoms with Crippen molar-refractivity contribution in [3.63, 3.8) is 0 Å². The van der Waals surface area contributed by atoms with E-state index in [0.717, 1.165) is 130 Å². The minimum atomic E-state index is -4.61. The number of nitrogens with zero attached hydrogens (tertiary/aromatic N) is 7. The van der Waals surface area contributed by atoms with Crippen LogP contribution < -0.4 is 49.7 Å². The van der Waals surface area contributed by atoms with Gasteiger partial charge in [0, 0.05) is 85.4 Å². The molecule has 8 bridgehead atoms. The molecule has 123 heavy (non-hydrogen) atoms. The van der Waals surface area contributed by atoms with Crippen molar-refractivity contribution in [2.24, 2.45) is 17.8 Å². The summed E-state index contributed by atoms with van der Waals surface area (Å²) in [6, 6.07) is 51.9. The van der Waals surface area contributed by atoms with Crippen molar-refractivity contribution in [1.29, 1.82) is 5.26 Å². The summed E-state index contributed by atoms with van der Waals surface area (Å²) in [5.41, 5.74) is 8.84. The van der Waals surface area contributed by atoms with Gasteiger partial charge >= 0.3 is 6.18 Å². The fourth-order valence-electron chi connectivity index (χ4n) is 19.6. The molecule has 27 rings (SSSR count). The number of benzene rings is 8. The molecule has 31 heteroatoms. The van der Waals surface area contributed by atoms with Gasteiger partial charge in [-0.25, -0.2) is 9.83 Å². The highest BCUT2D eigenvalue weighted by atomic mass is 35.5. The van der Waals surface area contributed by atoms with Crippen molar-refractivity contribution in [3.05, 3.63) is 261 Å². The van der Waals surface area contributed by atoms with Crippen LogP contribution in [0.25, 0.3) is 37.2 Å². The number of nitrogens with one attached hydrogen (secondary N) is 4. The summed E-state index contributed by atoms with van der Waals surface area (Å²) in [6.45, 7) is 17.4. The van der Waals surface area contributed by atoms with Crippen LogP contribution in [0, 0.1) is 42.6 Å². The second-order valence-electron chi connectivity index (χ2n) is 32.5. The molecule has 11 aromatic rings. The third kappa shape index (κ3) is 14.5. The third-order valence-corrected chi connectivity index (χ3v) is 30.2. The SMILES string of the molecule is C=C1NC(=O)SC1[C@H]1c2ccc(Oc3nnc(C#N)c4ccccc34)cc2C2CC1C2.C=C1NC(=O)SC1[C@H]1c2ccc(Oc3nnc(C(F)(F)F)c4ccccc34)cc2C2CC1C2.Cc1cnc(Oc2ccc3c(c2)OC2CC3(C3SC(=O)NC3=O)C2)c(Cl)c1.[C-]#[N+]c1ccc(Oc2ccc3c(c2)OC2CC(C2)C3C2SC(=O)NC2=O)c2ccccc12. The molecule has 0 radical (unpaired) electrons. The number of nitriles is 1. The number of halogens is 4. The first-order valence-electron chi connectivity index (χ1n) is 39.9. The Balaban J connectivity index is 0.000000104. The van der Waals surface area contributed by atoms with Crippen molar-refractivity contribution < 1.29 is 70.4 Å². The lowest BCUT2D eigenvalue weighted by Gasteiger charge is -2.54. The van der Waals surface area contributed by atoms with Crippen molar-refractivity contribution in [1.82, 2.24) is 46.6 Å². The number of hydrogen-bond acceptors (Lipinski definition) is 22. The van der Waals surface area contributed by atoms with Gasteiger partial charge in [0.05, 0.1) is 23.2 Å². The number of aromatic nitrogens is 5. The summed E-state index contributed by atoms with van der Waals surface area (Å²) in [5.74, 6) is 7.61. The number of fused-ring (bicyclic) bond motifs is 3. The Morgan fingerprint density at radius 2 is 1.02 bits per heavy atom. The zero-order chi connectivity index (χ0) is 84.6. The standard InChI is InChI=1S/C25H18N2O4S.C24H18F3N3O2S.C24H18N4O2S.C19H15ClN2O4S/c1-26-19-8-9-20(17-5-3-2-4-16(17)19)30-14-6-7-18-21(12-14)31-15-10-13(11-15)22(18)23-24(28)27-25(29)32-23;1-11-20(33-23(31)28-11)19-13-8-12(9-13)18-10-14(6-7-15(18)19)32-22-17-5-3-2-4-16(17)21(29-30-22)24(25,26)27;1-12-22(31-24(29)26-12)21-14-8-13(9-14)19-10-15(6-7-17(19)21)30-23-18-5-3-2-4-16(18)20(11-25)27-28-23;1-9-4-13(20)17(21-8-9)26-10-2-3-12-14(5-10)25-11-6-19(12,7-11)15-16(23)22-18(24)27-15/h2-9,12-13,15,22-23H,10-11H2,(H,27,28,29);2-7,10,12-13,19-20H,1,8-9H2,(H,28,31);2-7,10,13-14,21-22H,1,8-9H2,(H,26,29);2-5,8,11,15H,6-7H2,1H3,(H,22,23,24)/t;12?,13?,19-,20?;13?,14?,21-,22?;/m.11./s1. The molecule has 616 valence electrons. The van der Waals surface area contributed by atoms with E-state index in [0.29, 0.717) is 98.2 Å². The fraction of sp³-hybridized carbons (Fsp3) is 0.272. The minimum Gasteiger partial charge on any atom is -0.490 e. The monoisotopic (exact) mass is 1740 g/mol. The van der Waals surface area contributed by atoms with Crippen LogP contribution in [-0.4, -0.2) is 91.4 Å². The van der Waals surface area contributed by atoms with Crippen LogP contribution in [0.15, 0.2) is 195 Å². The summed E-state index contributed by atoms with van der Waals surface area (Å²) in [6.07, 6.45) is 4.88. The Morgan fingerprint density at radius 3 is 1.59 bits per heavy atom. The molecule has 16 aliphatic rings. The van der Waals surface area contributed by atoms with Gasteiger partial charge in [0.1, 0.15) is 67.9 Å². The van der Waals surface area contributed by atoms with E-state index in [1.54, 1.807) is 36.5 Å². The van der Waals surface area contributed by atoms with Crippen LogP contribution in [0.4, 0.5) is 38.0 Å². The summed E-state index contributed by atoms with van der Waals surface area (Å²) in [5, 5.41) is 37.6. The molecule has 8 fully saturated rings. The maximum absolute atomic E-state index is 13.4. The predicted molar refractivity (Wildman–Crippen MR) is 459 cm³/mol. The summed E-state index contributed by atoms with van der Waals surface area (Å²) >= 11 is 11.0. The first-order valence-corrected chi connectivity index (χ1v) is 43.8. The Hall–Kier alpha value is -12.2. The molecule has 4 saturated heterocycles. The average Bonchev–Trinajstić information content (AvgIpc) is 1.69. The average molecular weight is 1740 g/mol. The van der Waals surface area contributed by atoms with Crippen molar-refractivity contribution in [2.75, 3.05) is 0 Å². The number of hydrogen-bond donors (Lipinski definition) is 4. The second-order valence-corrected chi connectivity index (χ2v) is 37.4. The van der Waals surface area contributed by atoms with Crippen LogP contribution in [0.5, 0.6) is 57.9 Å². The number of imide groups is 2. The highest BCUT2D eigenvalue weighted by Crippen LogP contribution is 2.64. The fourth-order valence-corrected chi connectivity index (χ4v) is 24.3. The van der Waals surface area contributed by atoms with Crippen LogP contribution in [-0.2, 0) is 21.2 Å². The molecule has 3 aromatic heterocycles. The van der Waals surface area contributed by atoms with Crippen LogP contribution in [0.3, 0.4) is 0 Å². The van der Waals surface area contributed by atoms with E-state index in [1.165, 1.54) is 52.3 Å². The zero-order valence-electron chi connectivity index (χ0n) is 65.0. The number of thioether (sulfide) groups is 4. The Kier molecular flexibility index (Phi) is 20.2. The Morgan fingerprint density at radius 1 is 0.520 bits per heavy atom. The quantitative estimate of drug-likeness (QED) is 0.0826. The lowest BCUT2D eigenvalue weighted by Crippen LogP contribution is -2.58. The highest BCUT2D eigenvalue weighted by molar-refractivity contribution is 8.16. The van der Waals surface area contributed by atoms with Gasteiger partial charge < -0.3 is 39.1 Å². The maximum atomic E-state index is 13.4. The van der Waals surface area contributed by atoms with Crippen molar-refractivity contribution >= 4 is 129 Å². The molecular formula is C92H69ClF3N11O12S4. The number of pyridine rings is 1. The molecule has 6 amide bonds. The summed E-state index contributed by atoms with van der Waals surface area (Å²) < 4.78 is 76.4. The van der Waals surface area contributed by atoms with Gasteiger partial charge in [-0.2, -0.15) is 18.4 Å². The van der Waals surface area contributed by atoms with Crippen LogP contribution >= 0.6 is 58.6 Å². The van der Waals surface area contributed by atoms with E-state index in [9.17, 15) is 47.2 Å². The van der Waals surface area contributed by atoms with E-state index in [4.69, 9.17) is 46.6 Å². The zero-order valence-corrected chi connectivity index (χ0v) is 69.0. The van der Waals surface area contributed by atoms with Crippen LogP contribution in [0.1, 0.15) is 131 Å². The lowest BCUT2D eigenvalue weighted by atomic mass is 9.56. The molecule has 0 spiro atoms. The van der Waals surface area contributed by atoms with Crippen LogP contribution in [0.2, 0.25) is 5.02 Å². The number of amides is 6. The van der Waals surface area contributed by atoms with E-state index in [-0.39, 0.29) is 95.1 Å². The molecule has 8 aliphatic carbocycles. The largest absolute Gasteiger partial charge is 0.490 e. The minimum absolute atomic E-state index is 0.000934. The van der Waals surface area contributed by atoms with Gasteiger partial charge in [-0.05, 0) is 187 Å². The van der Waals surface area contributed by atoms with Crippen molar-refractivity contribution in [2.45, 2.75) is 133 Å². The molecule has 8 aromatic carbocycles. The van der Waals surface area contributed by atoms with E-state index < -0.39 is 22.4 Å². The van der Waals surface area contributed by atoms with Gasteiger partial charge in [-0.15, -0.1) is 20.4 Å². The predicted octanol–water partition coefficient (Wildman–Crippen LogP) is 21.4. The molecular weight excluding hydrogens is 1670 g/mol. The number of carbonyl (C=O) groups is 6.